The highest BCUT2D eigenvalue weighted by Crippen LogP contribution is 2.33. The molecule has 2 unspecified atom stereocenters. The van der Waals surface area contributed by atoms with Gasteiger partial charge in [-0.15, -0.1) is 0 Å². The fourth-order valence-corrected chi connectivity index (χ4v) is 4.61. The van der Waals surface area contributed by atoms with Gasteiger partial charge in [0.15, 0.2) is 0 Å². The molecular weight excluding hydrogens is 549 g/mol. The molecule has 1 aliphatic heterocycles. The first-order chi connectivity index (χ1) is 20.0. The van der Waals surface area contributed by atoms with Gasteiger partial charge in [0.25, 0.3) is 11.5 Å². The number of nitrogens with zero attached hydrogens (tertiary/aromatic N) is 4. The molecule has 13 heteroatoms. The number of rotatable bonds is 9. The summed E-state index contributed by atoms with van der Waals surface area (Å²) < 4.78 is 25.6. The van der Waals surface area contributed by atoms with Crippen molar-refractivity contribution in [2.75, 3.05) is 26.1 Å². The number of halogens is 1. The van der Waals surface area contributed by atoms with E-state index in [0.717, 1.165) is 15.4 Å². The van der Waals surface area contributed by atoms with Crippen molar-refractivity contribution in [3.63, 3.8) is 0 Å². The molecule has 0 spiro atoms. The Morgan fingerprint density at radius 3 is 2.52 bits per heavy atom. The van der Waals surface area contributed by atoms with Crippen molar-refractivity contribution in [1.29, 1.82) is 0 Å². The molecule has 3 aromatic rings. The molecule has 2 aromatic carbocycles. The topological polar surface area (TPSA) is 142 Å². The van der Waals surface area contributed by atoms with Crippen molar-refractivity contribution in [3.05, 3.63) is 98.2 Å². The number of amides is 2. The number of carbonyl (C=O) groups is 3. The highest BCUT2D eigenvalue weighted by atomic mass is 19.1. The number of benzene rings is 2. The summed E-state index contributed by atoms with van der Waals surface area (Å²) in [5, 5.41) is 6.82. The van der Waals surface area contributed by atoms with Crippen LogP contribution in [-0.4, -0.2) is 63.9 Å². The van der Waals surface area contributed by atoms with Crippen LogP contribution in [0.3, 0.4) is 0 Å². The molecule has 2 heterocycles. The molecule has 1 aliphatic rings. The quantitative estimate of drug-likeness (QED) is 0.379. The fraction of sp³-hybridized carbons (Fsp3) is 0.310. The van der Waals surface area contributed by atoms with E-state index in [2.05, 4.69) is 10.4 Å². The van der Waals surface area contributed by atoms with Crippen molar-refractivity contribution < 1.29 is 28.2 Å². The van der Waals surface area contributed by atoms with Gasteiger partial charge in [-0.3, -0.25) is 23.7 Å². The minimum absolute atomic E-state index is 0.0265. The summed E-state index contributed by atoms with van der Waals surface area (Å²) >= 11 is 0. The molecule has 42 heavy (non-hydrogen) atoms. The number of hydrogen-bond donors (Lipinski definition) is 1. The van der Waals surface area contributed by atoms with Gasteiger partial charge in [0, 0.05) is 50.9 Å². The normalized spacial score (nSPS) is 15.6. The number of aryl methyl sites for hydroxylation is 1. The van der Waals surface area contributed by atoms with Crippen LogP contribution >= 0.6 is 0 Å². The van der Waals surface area contributed by atoms with Crippen molar-refractivity contribution in [2.24, 2.45) is 0 Å². The van der Waals surface area contributed by atoms with E-state index >= 15 is 0 Å². The van der Waals surface area contributed by atoms with Crippen LogP contribution in [-0.2, 0) is 30.4 Å². The molecule has 0 bridgehead atoms. The maximum Gasteiger partial charge on any atom is 0.352 e. The van der Waals surface area contributed by atoms with Gasteiger partial charge >= 0.3 is 11.7 Å². The van der Waals surface area contributed by atoms with Crippen molar-refractivity contribution >= 4 is 23.5 Å². The summed E-state index contributed by atoms with van der Waals surface area (Å²) in [7, 11) is 2.95. The van der Waals surface area contributed by atoms with E-state index in [-0.39, 0.29) is 31.2 Å². The van der Waals surface area contributed by atoms with E-state index < -0.39 is 41.0 Å². The summed E-state index contributed by atoms with van der Waals surface area (Å²) in [4.78, 5) is 64.6. The van der Waals surface area contributed by atoms with Crippen molar-refractivity contribution in [1.82, 2.24) is 19.2 Å². The number of ether oxygens (including phenoxy) is 2. The highest BCUT2D eigenvalue weighted by molar-refractivity contribution is 6.06. The van der Waals surface area contributed by atoms with Crippen LogP contribution in [0.1, 0.15) is 30.4 Å². The summed E-state index contributed by atoms with van der Waals surface area (Å²) in [6.07, 6.45) is 1.56. The van der Waals surface area contributed by atoms with Crippen molar-refractivity contribution in [3.8, 4) is 5.69 Å². The van der Waals surface area contributed by atoms with Gasteiger partial charge in [-0.1, -0.05) is 18.2 Å². The van der Waals surface area contributed by atoms with Crippen LogP contribution in [0.5, 0.6) is 0 Å². The van der Waals surface area contributed by atoms with Crippen molar-refractivity contribution in [2.45, 2.75) is 38.8 Å². The monoisotopic (exact) mass is 579 g/mol. The van der Waals surface area contributed by atoms with Crippen LogP contribution in [0.4, 0.5) is 10.1 Å². The van der Waals surface area contributed by atoms with Gasteiger partial charge in [0.2, 0.25) is 5.91 Å². The van der Waals surface area contributed by atoms with E-state index in [1.165, 1.54) is 55.5 Å². The minimum atomic E-state index is -0.885. The fourth-order valence-electron chi connectivity index (χ4n) is 4.61. The van der Waals surface area contributed by atoms with E-state index in [4.69, 9.17) is 9.47 Å². The predicted molar refractivity (Wildman–Crippen MR) is 150 cm³/mol. The predicted octanol–water partition coefficient (Wildman–Crippen LogP) is 1.89. The second-order valence-corrected chi connectivity index (χ2v) is 9.83. The first-order valence-electron chi connectivity index (χ1n) is 13.0. The van der Waals surface area contributed by atoms with Crippen LogP contribution in [0, 0.1) is 12.7 Å². The standard InChI is InChI=1S/C29H30FN5O7/c1-17-5-10-21(35-29(40)34(27(38)13-31-35)14-22(16-41-4)42-18(2)36)11-25(17)32-28(39)24-15-33(3)26(37)12-23(24)19-6-8-20(30)9-7-19/h5-11,13,15,22-23H,12,14,16H2,1-4H3,(H,32,39). The molecule has 0 fully saturated rings. The second kappa shape index (κ2) is 12.7. The third kappa shape index (κ3) is 6.69. The molecule has 0 radical (unpaired) electrons. The Balaban J connectivity index is 1.66. The Labute approximate surface area is 240 Å². The van der Waals surface area contributed by atoms with Gasteiger partial charge in [0.1, 0.15) is 18.1 Å². The van der Waals surface area contributed by atoms with E-state index in [1.54, 1.807) is 26.1 Å². The van der Waals surface area contributed by atoms with Crippen LogP contribution < -0.4 is 16.6 Å². The third-order valence-corrected chi connectivity index (χ3v) is 6.76. The Morgan fingerprint density at radius 2 is 1.86 bits per heavy atom. The summed E-state index contributed by atoms with van der Waals surface area (Å²) in [5.41, 5.74) is 0.714. The number of hydrogen-bond acceptors (Lipinski definition) is 8. The van der Waals surface area contributed by atoms with E-state index in [9.17, 15) is 28.4 Å². The first kappa shape index (κ1) is 30.1. The zero-order chi connectivity index (χ0) is 30.6. The second-order valence-electron chi connectivity index (χ2n) is 9.83. The van der Waals surface area contributed by atoms with Crippen LogP contribution in [0.25, 0.3) is 5.69 Å². The van der Waals surface area contributed by atoms with Crippen LogP contribution in [0.15, 0.2) is 70.0 Å². The number of methoxy groups -OCH3 is 1. The average Bonchev–Trinajstić information content (AvgIpc) is 2.94. The molecule has 0 saturated heterocycles. The molecule has 220 valence electrons. The lowest BCUT2D eigenvalue weighted by Crippen LogP contribution is -2.44. The smallest absolute Gasteiger partial charge is 0.352 e. The van der Waals surface area contributed by atoms with Gasteiger partial charge in [-0.25, -0.2) is 9.18 Å². The highest BCUT2D eigenvalue weighted by Gasteiger charge is 2.31. The zero-order valence-electron chi connectivity index (χ0n) is 23.5. The molecule has 4 rings (SSSR count). The maximum absolute atomic E-state index is 13.5. The SMILES string of the molecule is COCC(Cn1c(=O)cnn(-c2ccc(C)c(NC(=O)C3=CN(C)C(=O)CC3c3ccc(F)cc3)c2)c1=O)OC(C)=O. The first-order valence-corrected chi connectivity index (χ1v) is 13.0. The van der Waals surface area contributed by atoms with E-state index in [1.807, 2.05) is 0 Å². The number of nitrogens with one attached hydrogen (secondary N) is 1. The minimum Gasteiger partial charge on any atom is -0.458 e. The summed E-state index contributed by atoms with van der Waals surface area (Å²) in [6.45, 7) is 2.67. The third-order valence-electron chi connectivity index (χ3n) is 6.76. The molecule has 2 atom stereocenters. The Bertz CT molecular complexity index is 1660. The molecule has 12 nitrogen and oxygen atoms in total. The van der Waals surface area contributed by atoms with E-state index in [0.29, 0.717) is 22.4 Å². The van der Waals surface area contributed by atoms with Gasteiger partial charge in [-0.2, -0.15) is 9.78 Å². The van der Waals surface area contributed by atoms with Gasteiger partial charge in [0.05, 0.1) is 18.8 Å². The maximum atomic E-state index is 13.5. The number of aromatic nitrogens is 3. The molecule has 2 amide bonds. The number of carbonyl (C=O) groups excluding carboxylic acids is 3. The lowest BCUT2D eigenvalue weighted by atomic mass is 9.85. The largest absolute Gasteiger partial charge is 0.458 e. The summed E-state index contributed by atoms with van der Waals surface area (Å²) in [6, 6.07) is 10.4. The lowest BCUT2D eigenvalue weighted by Gasteiger charge is -2.28. The molecule has 1 N–H and O–H groups in total. The Kier molecular flexibility index (Phi) is 9.11. The average molecular weight is 580 g/mol. The summed E-state index contributed by atoms with van der Waals surface area (Å²) in [5.74, 6) is -2.30. The number of anilines is 1. The molecule has 0 saturated carbocycles. The molecular formula is C29H30FN5O7. The molecule has 1 aromatic heterocycles. The Hall–Kier alpha value is -4.91. The zero-order valence-corrected chi connectivity index (χ0v) is 23.5. The molecule has 0 aliphatic carbocycles. The van der Waals surface area contributed by atoms with Crippen LogP contribution in [0.2, 0.25) is 0 Å². The Morgan fingerprint density at radius 1 is 1.14 bits per heavy atom. The number of esters is 1. The van der Waals surface area contributed by atoms with Gasteiger partial charge < -0.3 is 19.7 Å². The lowest BCUT2D eigenvalue weighted by molar-refractivity contribution is -0.149. The van der Waals surface area contributed by atoms with Gasteiger partial charge in [-0.05, 0) is 42.3 Å².